The van der Waals surface area contributed by atoms with Crippen LogP contribution in [0.2, 0.25) is 0 Å². The standard InChI is InChI=1S/C9H8O6/c10-5-1-2-6(9(13)14)7(3-5)15-4-8(11)12/h1-3,10H,4H2,(H,11,12)(H,13,14). The van der Waals surface area contributed by atoms with Crippen molar-refractivity contribution < 1.29 is 29.6 Å². The minimum absolute atomic E-state index is 0.176. The Labute approximate surface area is 84.3 Å². The summed E-state index contributed by atoms with van der Waals surface area (Å²) in [5, 5.41) is 26.1. The first-order valence-electron chi connectivity index (χ1n) is 3.91. The van der Waals surface area contributed by atoms with Crippen LogP contribution in [0.4, 0.5) is 0 Å². The summed E-state index contributed by atoms with van der Waals surface area (Å²) in [6.45, 7) is -0.663. The molecule has 0 unspecified atom stereocenters. The monoisotopic (exact) mass is 212 g/mol. The number of phenolic OH excluding ortho intramolecular Hbond substituents is 1. The molecule has 6 heteroatoms. The van der Waals surface area contributed by atoms with Crippen molar-refractivity contribution in [3.05, 3.63) is 23.8 Å². The molecule has 0 amide bonds. The molecule has 0 aliphatic carbocycles. The molecule has 0 aliphatic rings. The van der Waals surface area contributed by atoms with Gasteiger partial charge in [-0.25, -0.2) is 9.59 Å². The molecule has 1 rings (SSSR count). The molecule has 80 valence electrons. The van der Waals surface area contributed by atoms with Gasteiger partial charge in [0.2, 0.25) is 0 Å². The number of hydrogen-bond acceptors (Lipinski definition) is 4. The number of aromatic carboxylic acids is 1. The van der Waals surface area contributed by atoms with Gasteiger partial charge in [-0.3, -0.25) is 0 Å². The van der Waals surface area contributed by atoms with Crippen LogP contribution in [-0.4, -0.2) is 33.9 Å². The minimum Gasteiger partial charge on any atom is -0.508 e. The maximum absolute atomic E-state index is 10.7. The quantitative estimate of drug-likeness (QED) is 0.673. The third-order valence-corrected chi connectivity index (χ3v) is 1.55. The van der Waals surface area contributed by atoms with Crippen LogP contribution in [0.25, 0.3) is 0 Å². The van der Waals surface area contributed by atoms with Crippen LogP contribution in [0.3, 0.4) is 0 Å². The zero-order valence-corrected chi connectivity index (χ0v) is 7.51. The summed E-state index contributed by atoms with van der Waals surface area (Å²) in [6.07, 6.45) is 0. The minimum atomic E-state index is -1.25. The lowest BCUT2D eigenvalue weighted by Gasteiger charge is -2.06. The smallest absolute Gasteiger partial charge is 0.341 e. The molecule has 0 saturated carbocycles. The van der Waals surface area contributed by atoms with Crippen LogP contribution in [-0.2, 0) is 4.79 Å². The highest BCUT2D eigenvalue weighted by Gasteiger charge is 2.12. The predicted octanol–water partition coefficient (Wildman–Crippen LogP) is 0.554. The Morgan fingerprint density at radius 1 is 1.27 bits per heavy atom. The molecule has 0 fully saturated rings. The van der Waals surface area contributed by atoms with Gasteiger partial charge in [0, 0.05) is 6.07 Å². The molecule has 1 aromatic carbocycles. The van der Waals surface area contributed by atoms with Gasteiger partial charge in [-0.05, 0) is 12.1 Å². The normalized spacial score (nSPS) is 9.60. The van der Waals surface area contributed by atoms with Crippen molar-refractivity contribution in [2.24, 2.45) is 0 Å². The average molecular weight is 212 g/mol. The molecule has 0 bridgehead atoms. The van der Waals surface area contributed by atoms with E-state index in [0.29, 0.717) is 0 Å². The predicted molar refractivity (Wildman–Crippen MR) is 48.2 cm³/mol. The van der Waals surface area contributed by atoms with Gasteiger partial charge in [-0.2, -0.15) is 0 Å². The van der Waals surface area contributed by atoms with Crippen molar-refractivity contribution in [2.45, 2.75) is 0 Å². The average Bonchev–Trinajstić information content (AvgIpc) is 2.14. The fraction of sp³-hybridized carbons (Fsp3) is 0.111. The number of aromatic hydroxyl groups is 1. The van der Waals surface area contributed by atoms with E-state index in [1.807, 2.05) is 0 Å². The van der Waals surface area contributed by atoms with Crippen molar-refractivity contribution in [1.29, 1.82) is 0 Å². The van der Waals surface area contributed by atoms with Crippen LogP contribution in [0, 0.1) is 0 Å². The number of hydrogen-bond donors (Lipinski definition) is 3. The molecule has 0 radical (unpaired) electrons. The topological polar surface area (TPSA) is 104 Å². The van der Waals surface area contributed by atoms with Crippen molar-refractivity contribution in [1.82, 2.24) is 0 Å². The Kier molecular flexibility index (Phi) is 3.12. The fourth-order valence-corrected chi connectivity index (χ4v) is 0.947. The molecule has 0 aromatic heterocycles. The van der Waals surface area contributed by atoms with Gasteiger partial charge in [0.25, 0.3) is 0 Å². The summed E-state index contributed by atoms with van der Waals surface area (Å²) in [5.74, 6) is -2.85. The Bertz CT molecular complexity index is 398. The summed E-state index contributed by atoms with van der Waals surface area (Å²) in [4.78, 5) is 20.9. The van der Waals surface area contributed by atoms with E-state index in [2.05, 4.69) is 0 Å². The van der Waals surface area contributed by atoms with Crippen LogP contribution < -0.4 is 4.74 Å². The SMILES string of the molecule is O=C(O)COc1cc(O)ccc1C(=O)O. The molecule has 3 N–H and O–H groups in total. The van der Waals surface area contributed by atoms with Crippen molar-refractivity contribution in [3.8, 4) is 11.5 Å². The summed E-state index contributed by atoms with van der Waals surface area (Å²) >= 11 is 0. The maximum Gasteiger partial charge on any atom is 0.341 e. The number of ether oxygens (including phenoxy) is 1. The van der Waals surface area contributed by atoms with E-state index in [9.17, 15) is 9.59 Å². The van der Waals surface area contributed by atoms with Crippen LogP contribution in [0.5, 0.6) is 11.5 Å². The number of carboxylic acid groups (broad SMARTS) is 2. The number of carboxylic acids is 2. The largest absolute Gasteiger partial charge is 0.508 e. The lowest BCUT2D eigenvalue weighted by Crippen LogP contribution is -2.11. The summed E-state index contributed by atoms with van der Waals surface area (Å²) in [7, 11) is 0. The zero-order chi connectivity index (χ0) is 11.4. The Balaban J connectivity index is 2.96. The van der Waals surface area contributed by atoms with Gasteiger partial charge in [0.05, 0.1) is 0 Å². The van der Waals surface area contributed by atoms with Crippen LogP contribution in [0.1, 0.15) is 10.4 Å². The lowest BCUT2D eigenvalue weighted by molar-refractivity contribution is -0.139. The maximum atomic E-state index is 10.7. The van der Waals surface area contributed by atoms with Crippen LogP contribution >= 0.6 is 0 Å². The fourth-order valence-electron chi connectivity index (χ4n) is 0.947. The van der Waals surface area contributed by atoms with Crippen LogP contribution in [0.15, 0.2) is 18.2 Å². The third-order valence-electron chi connectivity index (χ3n) is 1.55. The highest BCUT2D eigenvalue weighted by atomic mass is 16.5. The number of benzene rings is 1. The summed E-state index contributed by atoms with van der Waals surface area (Å²) < 4.78 is 4.70. The van der Waals surface area contributed by atoms with E-state index >= 15 is 0 Å². The van der Waals surface area contributed by atoms with Gasteiger partial charge < -0.3 is 20.1 Å². The molecule has 0 spiro atoms. The first kappa shape index (κ1) is 10.8. The summed E-state index contributed by atoms with van der Waals surface area (Å²) in [5.41, 5.74) is -0.200. The molecule has 1 aromatic rings. The van der Waals surface area contributed by atoms with E-state index < -0.39 is 18.5 Å². The molecular weight excluding hydrogens is 204 g/mol. The highest BCUT2D eigenvalue weighted by molar-refractivity contribution is 5.91. The molecule has 6 nitrogen and oxygen atoms in total. The first-order chi connectivity index (χ1) is 7.00. The molecule has 0 heterocycles. The van der Waals surface area contributed by atoms with Crippen molar-refractivity contribution in [2.75, 3.05) is 6.61 Å². The van der Waals surface area contributed by atoms with Gasteiger partial charge >= 0.3 is 11.9 Å². The van der Waals surface area contributed by atoms with Gasteiger partial charge in [-0.1, -0.05) is 0 Å². The van der Waals surface area contributed by atoms with Gasteiger partial charge in [-0.15, -0.1) is 0 Å². The zero-order valence-electron chi connectivity index (χ0n) is 7.51. The Hall–Kier alpha value is -2.24. The molecule has 0 atom stereocenters. The first-order valence-corrected chi connectivity index (χ1v) is 3.91. The summed E-state index contributed by atoms with van der Waals surface area (Å²) in [6, 6.07) is 3.36. The molecular formula is C9H8O6. The van der Waals surface area contributed by atoms with E-state index in [0.717, 1.165) is 12.1 Å². The number of carbonyl (C=O) groups is 2. The number of aliphatic carboxylic acids is 1. The highest BCUT2D eigenvalue weighted by Crippen LogP contribution is 2.23. The second-order valence-corrected chi connectivity index (χ2v) is 2.67. The third kappa shape index (κ3) is 2.87. The Morgan fingerprint density at radius 3 is 2.47 bits per heavy atom. The molecule has 15 heavy (non-hydrogen) atoms. The van der Waals surface area contributed by atoms with Gasteiger partial charge in [0.1, 0.15) is 17.1 Å². The number of rotatable bonds is 4. The van der Waals surface area contributed by atoms with E-state index in [4.69, 9.17) is 20.1 Å². The number of phenols is 1. The van der Waals surface area contributed by atoms with E-state index in [-0.39, 0.29) is 17.1 Å². The van der Waals surface area contributed by atoms with Crippen molar-refractivity contribution >= 4 is 11.9 Å². The Morgan fingerprint density at radius 2 is 1.93 bits per heavy atom. The second-order valence-electron chi connectivity index (χ2n) is 2.67. The van der Waals surface area contributed by atoms with Crippen molar-refractivity contribution in [3.63, 3.8) is 0 Å². The second kappa shape index (κ2) is 4.32. The molecule has 0 aliphatic heterocycles. The van der Waals surface area contributed by atoms with Gasteiger partial charge in [0.15, 0.2) is 6.61 Å². The van der Waals surface area contributed by atoms with E-state index in [1.165, 1.54) is 6.07 Å². The van der Waals surface area contributed by atoms with E-state index in [1.54, 1.807) is 0 Å². The molecule has 0 saturated heterocycles. The lowest BCUT2D eigenvalue weighted by atomic mass is 10.2.